The average Bonchev–Trinajstić information content (AvgIpc) is 3.56. The normalized spacial score (nSPS) is 20.2. The number of anilines is 1. The number of para-hydroxylation sites is 2. The molecule has 1 N–H and O–H groups in total. The zero-order valence-corrected chi connectivity index (χ0v) is 27.8. The van der Waals surface area contributed by atoms with Crippen LogP contribution in [-0.2, 0) is 17.1 Å². The first-order valence-electron chi connectivity index (χ1n) is 16.1. The summed E-state index contributed by atoms with van der Waals surface area (Å²) in [5.41, 5.74) is -3.53. The zero-order valence-electron chi connectivity index (χ0n) is 27.0. The fourth-order valence-electron chi connectivity index (χ4n) is 6.64. The van der Waals surface area contributed by atoms with E-state index in [1.54, 1.807) is 19.1 Å². The number of halogens is 7. The summed E-state index contributed by atoms with van der Waals surface area (Å²) in [4.78, 5) is 32.3. The molecular formula is C34H36F7N3O5S. The number of hydrogen-bond donors (Lipinski definition) is 1. The fraction of sp³-hybridized carbons (Fsp3) is 0.471. The molecule has 0 saturated carbocycles. The van der Waals surface area contributed by atoms with Crippen LogP contribution in [0.3, 0.4) is 0 Å². The predicted molar refractivity (Wildman–Crippen MR) is 171 cm³/mol. The van der Waals surface area contributed by atoms with E-state index >= 15 is 0 Å². The maximum atomic E-state index is 14.7. The Hall–Kier alpha value is -4.05. The average molecular weight is 732 g/mol. The van der Waals surface area contributed by atoms with Gasteiger partial charge in [-0.25, -0.2) is 4.39 Å². The predicted octanol–water partition coefficient (Wildman–Crippen LogP) is 6.87. The van der Waals surface area contributed by atoms with Crippen molar-refractivity contribution < 1.29 is 54.9 Å². The summed E-state index contributed by atoms with van der Waals surface area (Å²) in [7, 11) is 0. The molecular weight excluding hydrogens is 695 g/mol. The van der Waals surface area contributed by atoms with Gasteiger partial charge in [0, 0.05) is 50.6 Å². The number of carbonyl (C=O) groups is 2. The summed E-state index contributed by atoms with van der Waals surface area (Å²) in [5.74, 6) is -2.59. The molecule has 2 aliphatic heterocycles. The lowest BCUT2D eigenvalue weighted by molar-refractivity contribution is -0.159. The number of carbonyl (C=O) groups excluding carboxylic acids is 2. The molecule has 272 valence electrons. The number of alkyl halides is 6. The smallest absolute Gasteiger partial charge is 0.425 e. The standard InChI is InChI=1S/C34H36F7N3O5S/c1-2-6-28-32(49-23-20-29(50-21-23)34(39,40)41,11-5-12-44(28)30(46)24-19-22(35)9-10-25(24)33(36,37)38)31(47)43-15-13-42(14-16-43)26-7-3-4-8-27(26)48-18-17-45/h3-4,7-10,19-21,28,45H,2,5-6,11-18H2,1H3/t28-,32+/m1/s1. The molecule has 2 atom stereocenters. The van der Waals surface area contributed by atoms with Crippen molar-refractivity contribution in [1.29, 1.82) is 0 Å². The van der Waals surface area contributed by atoms with Crippen LogP contribution >= 0.6 is 11.3 Å². The molecule has 2 fully saturated rings. The van der Waals surface area contributed by atoms with Gasteiger partial charge >= 0.3 is 12.4 Å². The molecule has 3 heterocycles. The second-order valence-electron chi connectivity index (χ2n) is 12.0. The van der Waals surface area contributed by atoms with Crippen molar-refractivity contribution >= 4 is 28.8 Å². The molecule has 0 unspecified atom stereocenters. The van der Waals surface area contributed by atoms with Gasteiger partial charge in [0.2, 0.25) is 5.60 Å². The molecule has 8 nitrogen and oxygen atoms in total. The van der Waals surface area contributed by atoms with Crippen molar-refractivity contribution in [3.05, 3.63) is 75.7 Å². The number of piperidine rings is 1. The molecule has 50 heavy (non-hydrogen) atoms. The highest BCUT2D eigenvalue weighted by atomic mass is 32.1. The quantitative estimate of drug-likeness (QED) is 0.230. The van der Waals surface area contributed by atoms with Gasteiger partial charge in [0.05, 0.1) is 29.5 Å². The van der Waals surface area contributed by atoms with E-state index in [1.807, 2.05) is 17.0 Å². The highest BCUT2D eigenvalue weighted by Crippen LogP contribution is 2.43. The third-order valence-electron chi connectivity index (χ3n) is 8.84. The third-order valence-corrected chi connectivity index (χ3v) is 9.79. The maximum absolute atomic E-state index is 14.7. The van der Waals surface area contributed by atoms with Gasteiger partial charge in [-0.2, -0.15) is 26.3 Å². The number of aliphatic hydroxyl groups excluding tert-OH is 1. The monoisotopic (exact) mass is 731 g/mol. The Morgan fingerprint density at radius 2 is 1.70 bits per heavy atom. The number of ether oxygens (including phenoxy) is 2. The minimum Gasteiger partial charge on any atom is -0.489 e. The zero-order chi connectivity index (χ0) is 36.3. The summed E-state index contributed by atoms with van der Waals surface area (Å²) >= 11 is 0.364. The van der Waals surface area contributed by atoms with E-state index in [1.165, 1.54) is 4.90 Å². The highest BCUT2D eigenvalue weighted by molar-refractivity contribution is 7.10. The van der Waals surface area contributed by atoms with E-state index in [0.717, 1.165) is 22.0 Å². The van der Waals surface area contributed by atoms with Crippen LogP contribution in [0.4, 0.5) is 36.4 Å². The second-order valence-corrected chi connectivity index (χ2v) is 13.0. The summed E-state index contributed by atoms with van der Waals surface area (Å²) in [6, 6.07) is 8.29. The Morgan fingerprint density at radius 3 is 2.34 bits per heavy atom. The summed E-state index contributed by atoms with van der Waals surface area (Å²) < 4.78 is 109. The van der Waals surface area contributed by atoms with Gasteiger partial charge in [0.1, 0.15) is 28.8 Å². The van der Waals surface area contributed by atoms with Gasteiger partial charge in [-0.3, -0.25) is 9.59 Å². The number of rotatable bonds is 10. The fourth-order valence-corrected chi connectivity index (χ4v) is 7.32. The van der Waals surface area contributed by atoms with E-state index in [2.05, 4.69) is 0 Å². The number of aliphatic hydroxyl groups is 1. The van der Waals surface area contributed by atoms with E-state index in [4.69, 9.17) is 9.47 Å². The van der Waals surface area contributed by atoms with Gasteiger partial charge in [-0.15, -0.1) is 11.3 Å². The molecule has 16 heteroatoms. The number of hydrogen-bond acceptors (Lipinski definition) is 7. The molecule has 5 rings (SSSR count). The maximum Gasteiger partial charge on any atom is 0.425 e. The van der Waals surface area contributed by atoms with Crippen molar-refractivity contribution in [3.63, 3.8) is 0 Å². The first kappa shape index (κ1) is 37.2. The van der Waals surface area contributed by atoms with Gasteiger partial charge in [-0.1, -0.05) is 25.5 Å². The van der Waals surface area contributed by atoms with Crippen molar-refractivity contribution in [2.45, 2.75) is 56.6 Å². The molecule has 3 aromatic rings. The summed E-state index contributed by atoms with van der Waals surface area (Å²) in [6.45, 7) is 2.44. The second kappa shape index (κ2) is 15.1. The third kappa shape index (κ3) is 7.80. The van der Waals surface area contributed by atoms with E-state index in [-0.39, 0.29) is 57.9 Å². The lowest BCUT2D eigenvalue weighted by Crippen LogP contribution is -2.69. The van der Waals surface area contributed by atoms with Crippen LogP contribution in [0.5, 0.6) is 11.5 Å². The topological polar surface area (TPSA) is 82.6 Å². The van der Waals surface area contributed by atoms with Gasteiger partial charge in [-0.05, 0) is 43.2 Å². The number of thiophene rings is 1. The SMILES string of the molecule is CCC[C@H]1N(C(=O)c2cc(F)ccc2C(F)(F)F)CCC[C@@]1(Oc1csc(C(F)(F)F)c1)C(=O)N1CCN(c2ccccc2OCCO)CC1. The molecule has 0 aliphatic carbocycles. The molecule has 2 amide bonds. The Kier molecular flexibility index (Phi) is 11.2. The molecule has 2 saturated heterocycles. The van der Waals surface area contributed by atoms with Gasteiger partial charge < -0.3 is 29.3 Å². The molecule has 0 radical (unpaired) electrons. The lowest BCUT2D eigenvalue weighted by Gasteiger charge is -2.51. The molecule has 0 bridgehead atoms. The Bertz CT molecular complexity index is 1660. The van der Waals surface area contributed by atoms with Crippen LogP contribution in [0.2, 0.25) is 0 Å². The number of likely N-dealkylation sites (tertiary alicyclic amines) is 1. The molecule has 1 aromatic heterocycles. The van der Waals surface area contributed by atoms with E-state index in [0.29, 0.717) is 54.8 Å². The van der Waals surface area contributed by atoms with Crippen LogP contribution in [0.25, 0.3) is 0 Å². The van der Waals surface area contributed by atoms with Crippen molar-refractivity contribution in [3.8, 4) is 11.5 Å². The van der Waals surface area contributed by atoms with Crippen molar-refractivity contribution in [1.82, 2.24) is 9.80 Å². The largest absolute Gasteiger partial charge is 0.489 e. The van der Waals surface area contributed by atoms with Crippen molar-refractivity contribution in [2.24, 2.45) is 0 Å². The van der Waals surface area contributed by atoms with Crippen LogP contribution < -0.4 is 14.4 Å². The van der Waals surface area contributed by atoms with Crippen LogP contribution in [0.15, 0.2) is 53.9 Å². The van der Waals surface area contributed by atoms with Crippen LogP contribution in [0, 0.1) is 5.82 Å². The Balaban J connectivity index is 1.51. The van der Waals surface area contributed by atoms with Gasteiger partial charge in [0.15, 0.2) is 0 Å². The highest BCUT2D eigenvalue weighted by Gasteiger charge is 2.56. The molecule has 2 aromatic carbocycles. The van der Waals surface area contributed by atoms with Gasteiger partial charge in [0.25, 0.3) is 11.8 Å². The summed E-state index contributed by atoms with van der Waals surface area (Å²) in [6.07, 6.45) is -9.27. The Labute approximate surface area is 288 Å². The number of nitrogens with zero attached hydrogens (tertiary/aromatic N) is 3. The lowest BCUT2D eigenvalue weighted by atomic mass is 9.79. The minimum absolute atomic E-state index is 0.0369. The first-order valence-corrected chi connectivity index (χ1v) is 17.0. The van der Waals surface area contributed by atoms with Crippen molar-refractivity contribution in [2.75, 3.05) is 50.8 Å². The first-order chi connectivity index (χ1) is 23.7. The van der Waals surface area contributed by atoms with Crippen LogP contribution in [0.1, 0.15) is 53.4 Å². The van der Waals surface area contributed by atoms with E-state index in [9.17, 15) is 45.4 Å². The molecule has 2 aliphatic rings. The number of benzene rings is 2. The minimum atomic E-state index is -5.00. The molecule has 0 spiro atoms. The van der Waals surface area contributed by atoms with Crippen LogP contribution in [-0.4, -0.2) is 84.3 Å². The summed E-state index contributed by atoms with van der Waals surface area (Å²) in [5, 5.41) is 10.3. The number of piperazine rings is 1. The number of amides is 2. The Morgan fingerprint density at radius 1 is 0.980 bits per heavy atom. The van der Waals surface area contributed by atoms with E-state index < -0.39 is 57.6 Å².